The van der Waals surface area contributed by atoms with E-state index in [4.69, 9.17) is 0 Å². The molecule has 0 spiro atoms. The largest absolute Gasteiger partial charge is 0.246 e. The van der Waals surface area contributed by atoms with E-state index >= 15 is 0 Å². The fourth-order valence-corrected chi connectivity index (χ4v) is 0.996. The van der Waals surface area contributed by atoms with Gasteiger partial charge in [0.15, 0.2) is 0 Å². The molecular weight excluding hydrogens is 127 g/mol. The molecule has 0 aliphatic heterocycles. The molecule has 1 aromatic rings. The van der Waals surface area contributed by atoms with E-state index in [-0.39, 0.29) is 6.67 Å². The van der Waals surface area contributed by atoms with E-state index in [9.17, 15) is 4.39 Å². The first-order valence-electron chi connectivity index (χ1n) is 3.36. The molecule has 0 saturated carbocycles. The summed E-state index contributed by atoms with van der Waals surface area (Å²) < 4.78 is 12.1. The molecule has 0 aliphatic carbocycles. The lowest BCUT2D eigenvalue weighted by atomic mass is 10.1. The maximum atomic E-state index is 12.1. The first-order chi connectivity index (χ1) is 4.74. The molecule has 0 N–H and O–H groups in total. The highest BCUT2D eigenvalue weighted by atomic mass is 19.1. The summed E-state index contributed by atoms with van der Waals surface area (Å²) in [5, 5.41) is 0. The predicted octanol–water partition coefficient (Wildman–Crippen LogP) is 2.77. The summed E-state index contributed by atoms with van der Waals surface area (Å²) in [7, 11) is 0. The highest BCUT2D eigenvalue weighted by Crippen LogP contribution is 2.10. The average molecular weight is 138 g/mol. The molecule has 1 rings (SSSR count). The quantitative estimate of drug-likeness (QED) is 0.559. The topological polar surface area (TPSA) is 0 Å². The lowest BCUT2D eigenvalue weighted by Gasteiger charge is -2.00. The minimum Gasteiger partial charge on any atom is -0.246 e. The van der Waals surface area contributed by atoms with Crippen LogP contribution in [0.4, 0.5) is 4.39 Å². The molecule has 0 aromatic heterocycles. The Morgan fingerprint density at radius 3 is 2.50 bits per heavy atom. The van der Waals surface area contributed by atoms with Crippen LogP contribution < -0.4 is 0 Å². The van der Waals surface area contributed by atoms with Crippen molar-refractivity contribution in [1.29, 1.82) is 0 Å². The molecule has 0 nitrogen and oxygen atoms in total. The first kappa shape index (κ1) is 7.26. The zero-order valence-corrected chi connectivity index (χ0v) is 6.32. The first-order valence-corrected chi connectivity index (χ1v) is 3.36. The Balaban J connectivity index is 3.07. The van der Waals surface area contributed by atoms with Gasteiger partial charge in [-0.2, -0.15) is 0 Å². The van der Waals surface area contributed by atoms with E-state index < -0.39 is 0 Å². The summed E-state index contributed by atoms with van der Waals surface area (Å²) in [4.78, 5) is 0. The van der Waals surface area contributed by atoms with Crippen LogP contribution in [0.1, 0.15) is 16.7 Å². The van der Waals surface area contributed by atoms with E-state index in [2.05, 4.69) is 0 Å². The van der Waals surface area contributed by atoms with Gasteiger partial charge in [-0.3, -0.25) is 0 Å². The third-order valence-electron chi connectivity index (χ3n) is 1.64. The van der Waals surface area contributed by atoms with Gasteiger partial charge in [-0.05, 0) is 25.0 Å². The fourth-order valence-electron chi connectivity index (χ4n) is 0.996. The van der Waals surface area contributed by atoms with Crippen molar-refractivity contribution in [3.63, 3.8) is 0 Å². The number of hydrogen-bond acceptors (Lipinski definition) is 0. The van der Waals surface area contributed by atoms with E-state index in [0.29, 0.717) is 0 Å². The second kappa shape index (κ2) is 2.82. The van der Waals surface area contributed by atoms with Crippen molar-refractivity contribution in [2.24, 2.45) is 0 Å². The van der Waals surface area contributed by atoms with Crippen LogP contribution in [0.15, 0.2) is 18.2 Å². The Hall–Kier alpha value is -0.850. The number of rotatable bonds is 1. The van der Waals surface area contributed by atoms with Gasteiger partial charge >= 0.3 is 0 Å². The minimum absolute atomic E-state index is 0.355. The normalized spacial score (nSPS) is 9.90. The van der Waals surface area contributed by atoms with Gasteiger partial charge in [0.25, 0.3) is 0 Å². The molecule has 0 heterocycles. The Kier molecular flexibility index (Phi) is 2.05. The summed E-state index contributed by atoms with van der Waals surface area (Å²) in [6.45, 7) is 3.59. The zero-order chi connectivity index (χ0) is 7.56. The lowest BCUT2D eigenvalue weighted by molar-refractivity contribution is 0.483. The second-order valence-corrected chi connectivity index (χ2v) is 2.56. The number of hydrogen-bond donors (Lipinski definition) is 0. The van der Waals surface area contributed by atoms with Gasteiger partial charge < -0.3 is 0 Å². The third kappa shape index (κ3) is 1.35. The van der Waals surface area contributed by atoms with Crippen LogP contribution in [0.25, 0.3) is 0 Å². The second-order valence-electron chi connectivity index (χ2n) is 2.56. The molecular formula is C9H11F. The van der Waals surface area contributed by atoms with Crippen LogP contribution in [-0.4, -0.2) is 0 Å². The molecule has 54 valence electrons. The Morgan fingerprint density at radius 1 is 1.30 bits per heavy atom. The van der Waals surface area contributed by atoms with Crippen molar-refractivity contribution < 1.29 is 4.39 Å². The monoisotopic (exact) mass is 138 g/mol. The minimum atomic E-state index is -0.355. The summed E-state index contributed by atoms with van der Waals surface area (Å²) >= 11 is 0. The highest BCUT2D eigenvalue weighted by Gasteiger charge is 1.95. The summed E-state index contributed by atoms with van der Waals surface area (Å²) in [6.07, 6.45) is 0. The van der Waals surface area contributed by atoms with Crippen LogP contribution in [0.3, 0.4) is 0 Å². The smallest absolute Gasteiger partial charge is 0.115 e. The van der Waals surface area contributed by atoms with Crippen LogP contribution in [0.5, 0.6) is 0 Å². The van der Waals surface area contributed by atoms with Gasteiger partial charge in [0.05, 0.1) is 0 Å². The van der Waals surface area contributed by atoms with Gasteiger partial charge in [0, 0.05) is 0 Å². The SMILES string of the molecule is Cc1ccc(CF)c(C)c1. The fraction of sp³-hybridized carbons (Fsp3) is 0.333. The van der Waals surface area contributed by atoms with Crippen LogP contribution in [0, 0.1) is 13.8 Å². The molecule has 0 amide bonds. The number of aryl methyl sites for hydroxylation is 2. The molecule has 0 atom stereocenters. The van der Waals surface area contributed by atoms with Crippen molar-refractivity contribution >= 4 is 0 Å². The third-order valence-corrected chi connectivity index (χ3v) is 1.64. The number of halogens is 1. The van der Waals surface area contributed by atoms with Gasteiger partial charge in [-0.1, -0.05) is 23.8 Å². The predicted molar refractivity (Wildman–Crippen MR) is 40.7 cm³/mol. The van der Waals surface area contributed by atoms with E-state index in [1.807, 2.05) is 32.0 Å². The molecule has 0 bridgehead atoms. The van der Waals surface area contributed by atoms with E-state index in [0.717, 1.165) is 11.1 Å². The molecule has 0 saturated heterocycles. The molecule has 0 aliphatic rings. The van der Waals surface area contributed by atoms with Gasteiger partial charge in [0.2, 0.25) is 0 Å². The summed E-state index contributed by atoms with van der Waals surface area (Å²) in [5.41, 5.74) is 3.03. The van der Waals surface area contributed by atoms with Gasteiger partial charge in [0.1, 0.15) is 6.67 Å². The molecule has 0 radical (unpaired) electrons. The van der Waals surface area contributed by atoms with E-state index in [1.165, 1.54) is 5.56 Å². The average Bonchev–Trinajstić information content (AvgIpc) is 1.88. The number of alkyl halides is 1. The van der Waals surface area contributed by atoms with Crippen molar-refractivity contribution in [3.8, 4) is 0 Å². The van der Waals surface area contributed by atoms with Crippen molar-refractivity contribution in [1.82, 2.24) is 0 Å². The Morgan fingerprint density at radius 2 is 2.00 bits per heavy atom. The summed E-state index contributed by atoms with van der Waals surface area (Å²) in [6, 6.07) is 5.77. The molecule has 0 unspecified atom stereocenters. The highest BCUT2D eigenvalue weighted by molar-refractivity contribution is 5.29. The van der Waals surface area contributed by atoms with E-state index in [1.54, 1.807) is 0 Å². The van der Waals surface area contributed by atoms with Crippen LogP contribution in [-0.2, 0) is 6.67 Å². The Bertz CT molecular complexity index is 228. The van der Waals surface area contributed by atoms with Gasteiger partial charge in [-0.25, -0.2) is 4.39 Å². The lowest BCUT2D eigenvalue weighted by Crippen LogP contribution is -1.84. The number of benzene rings is 1. The molecule has 0 fully saturated rings. The van der Waals surface area contributed by atoms with Crippen LogP contribution >= 0.6 is 0 Å². The summed E-state index contributed by atoms with van der Waals surface area (Å²) in [5.74, 6) is 0. The molecule has 1 heteroatoms. The van der Waals surface area contributed by atoms with Gasteiger partial charge in [-0.15, -0.1) is 0 Å². The maximum Gasteiger partial charge on any atom is 0.115 e. The Labute approximate surface area is 60.7 Å². The molecule has 10 heavy (non-hydrogen) atoms. The maximum absolute atomic E-state index is 12.1. The van der Waals surface area contributed by atoms with Crippen LogP contribution in [0.2, 0.25) is 0 Å². The van der Waals surface area contributed by atoms with Crippen molar-refractivity contribution in [3.05, 3.63) is 34.9 Å². The zero-order valence-electron chi connectivity index (χ0n) is 6.32. The standard InChI is InChI=1S/C9H11F/c1-7-3-4-9(6-10)8(2)5-7/h3-5H,6H2,1-2H3. The van der Waals surface area contributed by atoms with Crippen molar-refractivity contribution in [2.45, 2.75) is 20.5 Å². The van der Waals surface area contributed by atoms with Crippen molar-refractivity contribution in [2.75, 3.05) is 0 Å². The molecule has 1 aromatic carbocycles.